The summed E-state index contributed by atoms with van der Waals surface area (Å²) in [5.41, 5.74) is 0.576. The minimum atomic E-state index is -0.612. The lowest BCUT2D eigenvalue weighted by atomic mass is 10.1. The van der Waals surface area contributed by atoms with E-state index in [0.29, 0.717) is 11.3 Å². The number of hydrogen-bond donors (Lipinski definition) is 1. The Balaban J connectivity index is 2.22. The van der Waals surface area contributed by atoms with Gasteiger partial charge in [0.25, 0.3) is 0 Å². The summed E-state index contributed by atoms with van der Waals surface area (Å²) in [6, 6.07) is 10.6. The summed E-state index contributed by atoms with van der Waals surface area (Å²) in [6.07, 6.45) is 0. The fourth-order valence-electron chi connectivity index (χ4n) is 1.66. The van der Waals surface area contributed by atoms with Gasteiger partial charge in [0, 0.05) is 12.1 Å². The Morgan fingerprint density at radius 2 is 1.89 bits per heavy atom. The number of anilines is 1. The number of hydrogen-bond acceptors (Lipinski definition) is 2. The SMILES string of the molecule is N#Cc1c(F)cccc1NCc1cccc(Cl)c1F. The highest BCUT2D eigenvalue weighted by atomic mass is 35.5. The monoisotopic (exact) mass is 278 g/mol. The minimum absolute atomic E-state index is 0.0269. The van der Waals surface area contributed by atoms with Crippen molar-refractivity contribution < 1.29 is 8.78 Å². The van der Waals surface area contributed by atoms with Crippen molar-refractivity contribution in [1.29, 1.82) is 5.26 Å². The average molecular weight is 279 g/mol. The van der Waals surface area contributed by atoms with Gasteiger partial charge >= 0.3 is 0 Å². The second-order valence-electron chi connectivity index (χ2n) is 3.84. The highest BCUT2D eigenvalue weighted by Crippen LogP contribution is 2.21. The van der Waals surface area contributed by atoms with Crippen molar-refractivity contribution >= 4 is 17.3 Å². The summed E-state index contributed by atoms with van der Waals surface area (Å²) < 4.78 is 27.0. The van der Waals surface area contributed by atoms with E-state index in [-0.39, 0.29) is 17.1 Å². The van der Waals surface area contributed by atoms with E-state index in [2.05, 4.69) is 5.32 Å². The molecular formula is C14H9ClF2N2. The molecule has 0 saturated heterocycles. The van der Waals surface area contributed by atoms with E-state index >= 15 is 0 Å². The van der Waals surface area contributed by atoms with Crippen LogP contribution < -0.4 is 5.32 Å². The number of nitriles is 1. The third-order valence-corrected chi connectivity index (χ3v) is 2.92. The Morgan fingerprint density at radius 1 is 1.16 bits per heavy atom. The van der Waals surface area contributed by atoms with Gasteiger partial charge in [-0.15, -0.1) is 0 Å². The molecule has 2 aromatic carbocycles. The molecule has 0 aliphatic rings. The predicted octanol–water partition coefficient (Wildman–Crippen LogP) is 4.10. The number of nitrogens with zero attached hydrogens (tertiary/aromatic N) is 1. The van der Waals surface area contributed by atoms with Crippen molar-refractivity contribution in [2.24, 2.45) is 0 Å². The minimum Gasteiger partial charge on any atom is -0.380 e. The van der Waals surface area contributed by atoms with Gasteiger partial charge in [0.05, 0.1) is 10.7 Å². The summed E-state index contributed by atoms with van der Waals surface area (Å²) in [7, 11) is 0. The van der Waals surface area contributed by atoms with Gasteiger partial charge in [-0.3, -0.25) is 0 Å². The summed E-state index contributed by atoms with van der Waals surface area (Å²) in [4.78, 5) is 0. The molecule has 0 fully saturated rings. The number of nitrogens with one attached hydrogen (secondary N) is 1. The van der Waals surface area contributed by atoms with Crippen LogP contribution in [0.25, 0.3) is 0 Å². The molecule has 0 atom stereocenters. The number of halogens is 3. The zero-order chi connectivity index (χ0) is 13.8. The van der Waals surface area contributed by atoms with Crippen molar-refractivity contribution in [3.05, 3.63) is 64.2 Å². The van der Waals surface area contributed by atoms with Gasteiger partial charge < -0.3 is 5.32 Å². The Hall–Kier alpha value is -2.12. The van der Waals surface area contributed by atoms with Crippen molar-refractivity contribution in [3.8, 4) is 6.07 Å². The molecule has 0 aromatic heterocycles. The van der Waals surface area contributed by atoms with Gasteiger partial charge in [-0.2, -0.15) is 5.26 Å². The van der Waals surface area contributed by atoms with E-state index in [1.165, 1.54) is 18.2 Å². The van der Waals surface area contributed by atoms with Gasteiger partial charge in [0.2, 0.25) is 0 Å². The normalized spacial score (nSPS) is 10.0. The van der Waals surface area contributed by atoms with Crippen molar-refractivity contribution in [1.82, 2.24) is 0 Å². The second kappa shape index (κ2) is 5.68. The van der Waals surface area contributed by atoms with Crippen molar-refractivity contribution in [2.45, 2.75) is 6.54 Å². The maximum Gasteiger partial charge on any atom is 0.146 e. The standard InChI is InChI=1S/C14H9ClF2N2/c15-11-4-1-3-9(14(11)17)8-19-13-6-2-5-12(16)10(13)7-18/h1-6,19H,8H2. The van der Waals surface area contributed by atoms with E-state index in [9.17, 15) is 8.78 Å². The van der Waals surface area contributed by atoms with Crippen LogP contribution in [0.4, 0.5) is 14.5 Å². The van der Waals surface area contributed by atoms with Gasteiger partial charge in [-0.25, -0.2) is 8.78 Å². The maximum atomic E-state index is 13.7. The first kappa shape index (κ1) is 13.3. The number of rotatable bonds is 3. The fraction of sp³-hybridized carbons (Fsp3) is 0.0714. The maximum absolute atomic E-state index is 13.7. The quantitative estimate of drug-likeness (QED) is 0.917. The van der Waals surface area contributed by atoms with E-state index in [1.807, 2.05) is 0 Å². The molecule has 2 aromatic rings. The van der Waals surface area contributed by atoms with Crippen LogP contribution in [0, 0.1) is 23.0 Å². The summed E-state index contributed by atoms with van der Waals surface area (Å²) in [6.45, 7) is 0.116. The van der Waals surface area contributed by atoms with Gasteiger partial charge in [0.1, 0.15) is 23.3 Å². The first-order valence-corrected chi connectivity index (χ1v) is 5.86. The van der Waals surface area contributed by atoms with Gasteiger partial charge in [-0.1, -0.05) is 29.8 Å². The smallest absolute Gasteiger partial charge is 0.146 e. The zero-order valence-electron chi connectivity index (χ0n) is 9.75. The molecule has 0 bridgehead atoms. The van der Waals surface area contributed by atoms with Crippen LogP contribution in [0.1, 0.15) is 11.1 Å². The molecule has 2 nitrogen and oxygen atoms in total. The first-order chi connectivity index (χ1) is 9.13. The molecule has 0 unspecified atom stereocenters. The summed E-state index contributed by atoms with van der Waals surface area (Å²) >= 11 is 5.66. The molecule has 0 spiro atoms. The van der Waals surface area contributed by atoms with Crippen LogP contribution in [0.2, 0.25) is 5.02 Å². The molecule has 19 heavy (non-hydrogen) atoms. The molecule has 0 amide bonds. The third-order valence-electron chi connectivity index (χ3n) is 2.63. The second-order valence-corrected chi connectivity index (χ2v) is 4.25. The van der Waals surface area contributed by atoms with E-state index < -0.39 is 11.6 Å². The first-order valence-electron chi connectivity index (χ1n) is 5.49. The van der Waals surface area contributed by atoms with E-state index in [1.54, 1.807) is 24.3 Å². The van der Waals surface area contributed by atoms with E-state index in [0.717, 1.165) is 0 Å². The van der Waals surface area contributed by atoms with Crippen LogP contribution in [-0.2, 0) is 6.54 Å². The summed E-state index contributed by atoms with van der Waals surface area (Å²) in [5.74, 6) is -1.13. The van der Waals surface area contributed by atoms with Gasteiger partial charge in [-0.05, 0) is 18.2 Å². The Kier molecular flexibility index (Phi) is 3.98. The molecular weight excluding hydrogens is 270 g/mol. The Labute approximate surface area is 114 Å². The van der Waals surface area contributed by atoms with E-state index in [4.69, 9.17) is 16.9 Å². The molecule has 0 radical (unpaired) electrons. The largest absolute Gasteiger partial charge is 0.380 e. The highest BCUT2D eigenvalue weighted by Gasteiger charge is 2.09. The molecule has 96 valence electrons. The lowest BCUT2D eigenvalue weighted by molar-refractivity contribution is 0.613. The lowest BCUT2D eigenvalue weighted by Crippen LogP contribution is -2.04. The molecule has 0 saturated carbocycles. The van der Waals surface area contributed by atoms with Crippen LogP contribution in [0.3, 0.4) is 0 Å². The molecule has 1 N–H and O–H groups in total. The predicted molar refractivity (Wildman–Crippen MR) is 69.9 cm³/mol. The van der Waals surface area contributed by atoms with Gasteiger partial charge in [0.15, 0.2) is 0 Å². The molecule has 0 aliphatic carbocycles. The average Bonchev–Trinajstić information content (AvgIpc) is 2.40. The molecule has 2 rings (SSSR count). The van der Waals surface area contributed by atoms with Crippen LogP contribution in [0.15, 0.2) is 36.4 Å². The fourth-order valence-corrected chi connectivity index (χ4v) is 1.85. The highest BCUT2D eigenvalue weighted by molar-refractivity contribution is 6.30. The van der Waals surface area contributed by atoms with Crippen molar-refractivity contribution in [2.75, 3.05) is 5.32 Å². The summed E-state index contributed by atoms with van der Waals surface area (Å²) in [5, 5.41) is 11.7. The zero-order valence-corrected chi connectivity index (χ0v) is 10.5. The van der Waals surface area contributed by atoms with Crippen LogP contribution in [-0.4, -0.2) is 0 Å². The lowest BCUT2D eigenvalue weighted by Gasteiger charge is -2.09. The number of benzene rings is 2. The Morgan fingerprint density at radius 3 is 2.63 bits per heavy atom. The van der Waals surface area contributed by atoms with Crippen LogP contribution >= 0.6 is 11.6 Å². The molecule has 0 heterocycles. The van der Waals surface area contributed by atoms with Crippen LogP contribution in [0.5, 0.6) is 0 Å². The van der Waals surface area contributed by atoms with Crippen molar-refractivity contribution in [3.63, 3.8) is 0 Å². The topological polar surface area (TPSA) is 35.8 Å². The Bertz CT molecular complexity index is 650. The molecule has 5 heteroatoms. The third kappa shape index (κ3) is 2.83. The molecule has 0 aliphatic heterocycles.